The summed E-state index contributed by atoms with van der Waals surface area (Å²) in [5.74, 6) is -1.07. The van der Waals surface area contributed by atoms with Gasteiger partial charge in [-0.05, 0) is 6.42 Å². The Morgan fingerprint density at radius 1 is 1.56 bits per heavy atom. The summed E-state index contributed by atoms with van der Waals surface area (Å²) in [6.45, 7) is 5.39. The normalized spacial score (nSPS) is 11.6. The first-order valence-corrected chi connectivity index (χ1v) is 5.06. The number of nitrogens with zero attached hydrogens (tertiary/aromatic N) is 1. The number of aliphatic hydroxyl groups is 1. The van der Waals surface area contributed by atoms with Crippen LogP contribution in [0.4, 0.5) is 4.79 Å². The lowest BCUT2D eigenvalue weighted by Gasteiger charge is -2.22. The highest BCUT2D eigenvalue weighted by Gasteiger charge is 2.20. The van der Waals surface area contributed by atoms with Gasteiger partial charge in [0.1, 0.15) is 6.04 Å². The van der Waals surface area contributed by atoms with Crippen LogP contribution in [0.2, 0.25) is 0 Å². The van der Waals surface area contributed by atoms with Gasteiger partial charge in [-0.3, -0.25) is 0 Å². The molecule has 0 unspecified atom stereocenters. The number of carboxylic acids is 1. The van der Waals surface area contributed by atoms with Gasteiger partial charge in [0.05, 0.1) is 6.61 Å². The number of carbonyl (C=O) groups excluding carboxylic acids is 1. The molecule has 16 heavy (non-hydrogen) atoms. The highest BCUT2D eigenvalue weighted by Crippen LogP contribution is 1.95. The summed E-state index contributed by atoms with van der Waals surface area (Å²) in [6, 6.07) is -1.42. The molecule has 0 rings (SSSR count). The molecule has 2 amide bonds. The lowest BCUT2D eigenvalue weighted by molar-refractivity contribution is -0.139. The van der Waals surface area contributed by atoms with E-state index in [1.165, 1.54) is 11.0 Å². The Balaban J connectivity index is 4.37. The first-order valence-electron chi connectivity index (χ1n) is 5.06. The summed E-state index contributed by atoms with van der Waals surface area (Å²) in [5, 5.41) is 19.9. The predicted molar refractivity (Wildman–Crippen MR) is 59.1 cm³/mol. The highest BCUT2D eigenvalue weighted by atomic mass is 16.4. The van der Waals surface area contributed by atoms with Crippen LogP contribution >= 0.6 is 0 Å². The van der Waals surface area contributed by atoms with E-state index < -0.39 is 18.0 Å². The van der Waals surface area contributed by atoms with Crippen molar-refractivity contribution in [2.75, 3.05) is 19.7 Å². The summed E-state index contributed by atoms with van der Waals surface area (Å²) in [7, 11) is 0. The van der Waals surface area contributed by atoms with Gasteiger partial charge in [0, 0.05) is 13.1 Å². The molecule has 0 spiro atoms. The fourth-order valence-electron chi connectivity index (χ4n) is 1.13. The second-order valence-corrected chi connectivity index (χ2v) is 3.21. The molecule has 6 heteroatoms. The van der Waals surface area contributed by atoms with Crippen LogP contribution in [0.5, 0.6) is 0 Å². The summed E-state index contributed by atoms with van der Waals surface area (Å²) in [5.41, 5.74) is 0. The maximum absolute atomic E-state index is 11.6. The lowest BCUT2D eigenvalue weighted by Crippen LogP contribution is -2.48. The molecule has 0 bridgehead atoms. The molecule has 0 aromatic carbocycles. The van der Waals surface area contributed by atoms with Gasteiger partial charge in [-0.15, -0.1) is 6.58 Å². The van der Waals surface area contributed by atoms with Gasteiger partial charge in [0.15, 0.2) is 0 Å². The zero-order valence-electron chi connectivity index (χ0n) is 9.35. The third-order valence-electron chi connectivity index (χ3n) is 2.01. The highest BCUT2D eigenvalue weighted by molar-refractivity contribution is 5.82. The van der Waals surface area contributed by atoms with E-state index in [0.717, 1.165) is 0 Å². The van der Waals surface area contributed by atoms with Gasteiger partial charge in [-0.1, -0.05) is 13.0 Å². The maximum Gasteiger partial charge on any atom is 0.326 e. The Bertz CT molecular complexity index is 255. The van der Waals surface area contributed by atoms with Gasteiger partial charge in [0.25, 0.3) is 0 Å². The number of aliphatic carboxylic acids is 1. The molecule has 0 aromatic rings. The van der Waals surface area contributed by atoms with Crippen molar-refractivity contribution in [2.45, 2.75) is 19.4 Å². The molecule has 0 saturated heterocycles. The number of carbonyl (C=O) groups is 2. The maximum atomic E-state index is 11.6. The molecule has 0 saturated carbocycles. The molecule has 92 valence electrons. The van der Waals surface area contributed by atoms with Crippen molar-refractivity contribution in [3.63, 3.8) is 0 Å². The smallest absolute Gasteiger partial charge is 0.326 e. The molecule has 0 aliphatic heterocycles. The molecule has 0 radical (unpaired) electrons. The Labute approximate surface area is 94.6 Å². The number of amides is 2. The Morgan fingerprint density at radius 2 is 2.19 bits per heavy atom. The minimum atomic E-state index is -1.07. The van der Waals surface area contributed by atoms with Crippen molar-refractivity contribution < 1.29 is 19.8 Å². The number of rotatable bonds is 7. The quantitative estimate of drug-likeness (QED) is 0.539. The zero-order chi connectivity index (χ0) is 12.6. The van der Waals surface area contributed by atoms with Crippen LogP contribution in [0.3, 0.4) is 0 Å². The predicted octanol–water partition coefficient (Wildman–Crippen LogP) is 0.0395. The van der Waals surface area contributed by atoms with Crippen LogP contribution in [0.25, 0.3) is 0 Å². The third kappa shape index (κ3) is 4.79. The van der Waals surface area contributed by atoms with Crippen molar-refractivity contribution in [3.8, 4) is 0 Å². The molecule has 3 N–H and O–H groups in total. The van der Waals surface area contributed by atoms with Crippen molar-refractivity contribution >= 4 is 12.0 Å². The van der Waals surface area contributed by atoms with E-state index in [2.05, 4.69) is 11.9 Å². The summed E-state index contributed by atoms with van der Waals surface area (Å²) < 4.78 is 0. The fraction of sp³-hybridized carbons (Fsp3) is 0.600. The van der Waals surface area contributed by atoms with E-state index in [1.807, 2.05) is 0 Å². The molecule has 0 aliphatic carbocycles. The molecular weight excluding hydrogens is 212 g/mol. The van der Waals surface area contributed by atoms with Crippen LogP contribution in [-0.4, -0.2) is 52.9 Å². The van der Waals surface area contributed by atoms with E-state index >= 15 is 0 Å². The number of urea groups is 1. The SMILES string of the molecule is C=CCN(CCO)C(=O)N[C@@H](CC)C(=O)O. The molecular formula is C10H18N2O4. The summed E-state index contributed by atoms with van der Waals surface area (Å²) in [4.78, 5) is 23.6. The van der Waals surface area contributed by atoms with Crippen LogP contribution < -0.4 is 5.32 Å². The second-order valence-electron chi connectivity index (χ2n) is 3.21. The summed E-state index contributed by atoms with van der Waals surface area (Å²) >= 11 is 0. The number of hydrogen-bond acceptors (Lipinski definition) is 3. The topological polar surface area (TPSA) is 89.9 Å². The van der Waals surface area contributed by atoms with Gasteiger partial charge in [-0.25, -0.2) is 9.59 Å². The van der Waals surface area contributed by atoms with E-state index in [1.54, 1.807) is 6.92 Å². The van der Waals surface area contributed by atoms with E-state index in [4.69, 9.17) is 10.2 Å². The van der Waals surface area contributed by atoms with Crippen molar-refractivity contribution in [1.82, 2.24) is 10.2 Å². The average Bonchev–Trinajstić information content (AvgIpc) is 2.24. The molecule has 6 nitrogen and oxygen atoms in total. The Morgan fingerprint density at radius 3 is 2.56 bits per heavy atom. The number of hydrogen-bond donors (Lipinski definition) is 3. The van der Waals surface area contributed by atoms with Crippen molar-refractivity contribution in [1.29, 1.82) is 0 Å². The van der Waals surface area contributed by atoms with Gasteiger partial charge in [-0.2, -0.15) is 0 Å². The van der Waals surface area contributed by atoms with Gasteiger partial charge in [0.2, 0.25) is 0 Å². The van der Waals surface area contributed by atoms with E-state index in [9.17, 15) is 9.59 Å². The fourth-order valence-corrected chi connectivity index (χ4v) is 1.13. The Hall–Kier alpha value is -1.56. The first-order chi connectivity index (χ1) is 7.56. The third-order valence-corrected chi connectivity index (χ3v) is 2.01. The monoisotopic (exact) mass is 230 g/mol. The number of carboxylic acid groups (broad SMARTS) is 1. The van der Waals surface area contributed by atoms with Crippen molar-refractivity contribution in [2.24, 2.45) is 0 Å². The van der Waals surface area contributed by atoms with Crippen LogP contribution in [0.1, 0.15) is 13.3 Å². The second kappa shape index (κ2) is 7.70. The molecule has 0 aromatic heterocycles. The largest absolute Gasteiger partial charge is 0.480 e. The van der Waals surface area contributed by atoms with Gasteiger partial charge >= 0.3 is 12.0 Å². The summed E-state index contributed by atoms with van der Waals surface area (Å²) in [6.07, 6.45) is 1.82. The lowest BCUT2D eigenvalue weighted by atomic mass is 10.2. The minimum Gasteiger partial charge on any atom is -0.480 e. The Kier molecular flexibility index (Phi) is 6.95. The molecule has 0 aliphatic rings. The van der Waals surface area contributed by atoms with E-state index in [-0.39, 0.29) is 19.7 Å². The van der Waals surface area contributed by atoms with Crippen molar-refractivity contribution in [3.05, 3.63) is 12.7 Å². The average molecular weight is 230 g/mol. The van der Waals surface area contributed by atoms with Crippen LogP contribution in [-0.2, 0) is 4.79 Å². The van der Waals surface area contributed by atoms with E-state index in [0.29, 0.717) is 6.42 Å². The zero-order valence-corrected chi connectivity index (χ0v) is 9.35. The van der Waals surface area contributed by atoms with Crippen LogP contribution in [0, 0.1) is 0 Å². The molecule has 1 atom stereocenters. The van der Waals surface area contributed by atoms with Gasteiger partial charge < -0.3 is 20.4 Å². The standard InChI is InChI=1S/C10H18N2O4/c1-3-5-12(6-7-13)10(16)11-8(4-2)9(14)15/h3,8,13H,1,4-7H2,2H3,(H,11,16)(H,14,15)/t8-/m0/s1. The number of nitrogens with one attached hydrogen (secondary N) is 1. The number of aliphatic hydroxyl groups excluding tert-OH is 1. The van der Waals surface area contributed by atoms with Crippen LogP contribution in [0.15, 0.2) is 12.7 Å². The molecule has 0 fully saturated rings. The first kappa shape index (κ1) is 14.4. The molecule has 0 heterocycles. The minimum absolute atomic E-state index is 0.147.